The number of carbonyl (C=O) groups is 1. The lowest BCUT2D eigenvalue weighted by atomic mass is 10.1. The number of morpholine rings is 1. The first kappa shape index (κ1) is 19.5. The van der Waals surface area contributed by atoms with E-state index in [1.165, 1.54) is 0 Å². The Bertz CT molecular complexity index is 1080. The van der Waals surface area contributed by atoms with E-state index in [1.807, 2.05) is 54.6 Å². The van der Waals surface area contributed by atoms with E-state index in [4.69, 9.17) is 19.4 Å². The van der Waals surface area contributed by atoms with Crippen LogP contribution in [0.25, 0.3) is 11.3 Å². The highest BCUT2D eigenvalue weighted by atomic mass is 16.5. The number of nitrogens with zero attached hydrogens (tertiary/aromatic N) is 4. The Balaban J connectivity index is 1.56. The van der Waals surface area contributed by atoms with E-state index in [-0.39, 0.29) is 5.91 Å². The first-order chi connectivity index (χ1) is 15.2. The molecule has 31 heavy (non-hydrogen) atoms. The van der Waals surface area contributed by atoms with Crippen LogP contribution in [0.4, 0.5) is 11.8 Å². The molecule has 158 valence electrons. The van der Waals surface area contributed by atoms with Gasteiger partial charge >= 0.3 is 0 Å². The molecule has 2 aromatic carbocycles. The molecule has 1 saturated heterocycles. The SMILES string of the molecule is COc1ccc(CN2C(=O)Cc3c(-c4ccccc4)nc(N4CCOCC4)nc32)cc1. The summed E-state index contributed by atoms with van der Waals surface area (Å²) in [6.45, 7) is 3.23. The highest BCUT2D eigenvalue weighted by molar-refractivity contribution is 6.02. The fraction of sp³-hybridized carbons (Fsp3) is 0.292. The predicted octanol–water partition coefficient (Wildman–Crippen LogP) is 3.08. The zero-order valence-corrected chi connectivity index (χ0v) is 17.5. The van der Waals surface area contributed by atoms with Crippen molar-refractivity contribution in [1.29, 1.82) is 0 Å². The third kappa shape index (κ3) is 3.84. The molecule has 0 atom stereocenters. The van der Waals surface area contributed by atoms with Gasteiger partial charge in [0.05, 0.1) is 39.0 Å². The van der Waals surface area contributed by atoms with Crippen LogP contribution in [-0.4, -0.2) is 49.3 Å². The molecule has 0 radical (unpaired) electrons. The number of rotatable bonds is 5. The second kappa shape index (κ2) is 8.35. The van der Waals surface area contributed by atoms with E-state index in [2.05, 4.69) is 4.90 Å². The fourth-order valence-corrected chi connectivity index (χ4v) is 4.03. The summed E-state index contributed by atoms with van der Waals surface area (Å²) in [4.78, 5) is 26.7. The van der Waals surface area contributed by atoms with E-state index in [9.17, 15) is 4.79 Å². The summed E-state index contributed by atoms with van der Waals surface area (Å²) in [6, 6.07) is 17.8. The Morgan fingerprint density at radius 1 is 1.00 bits per heavy atom. The molecule has 2 aliphatic rings. The molecule has 7 nitrogen and oxygen atoms in total. The largest absolute Gasteiger partial charge is 0.497 e. The Morgan fingerprint density at radius 2 is 1.74 bits per heavy atom. The van der Waals surface area contributed by atoms with Crippen LogP contribution in [0.1, 0.15) is 11.1 Å². The minimum Gasteiger partial charge on any atom is -0.497 e. The Labute approximate surface area is 181 Å². The van der Waals surface area contributed by atoms with E-state index in [0.717, 1.165) is 41.2 Å². The van der Waals surface area contributed by atoms with Gasteiger partial charge in [0.1, 0.15) is 11.6 Å². The third-order valence-corrected chi connectivity index (χ3v) is 5.70. The van der Waals surface area contributed by atoms with E-state index in [1.54, 1.807) is 12.0 Å². The number of ether oxygens (including phenoxy) is 2. The van der Waals surface area contributed by atoms with Gasteiger partial charge in [0.2, 0.25) is 11.9 Å². The van der Waals surface area contributed by atoms with Crippen LogP contribution in [0.5, 0.6) is 5.75 Å². The van der Waals surface area contributed by atoms with Crippen molar-refractivity contribution in [2.75, 3.05) is 43.2 Å². The number of hydrogen-bond acceptors (Lipinski definition) is 6. The average molecular weight is 416 g/mol. The smallest absolute Gasteiger partial charge is 0.233 e. The molecule has 0 bridgehead atoms. The third-order valence-electron chi connectivity index (χ3n) is 5.70. The van der Waals surface area contributed by atoms with Crippen molar-refractivity contribution in [3.63, 3.8) is 0 Å². The molecule has 0 spiro atoms. The van der Waals surface area contributed by atoms with E-state index in [0.29, 0.717) is 37.9 Å². The molecule has 0 saturated carbocycles. The summed E-state index contributed by atoms with van der Waals surface area (Å²) in [5, 5.41) is 0. The van der Waals surface area contributed by atoms with Gasteiger partial charge in [-0.25, -0.2) is 4.98 Å². The van der Waals surface area contributed by atoms with Crippen LogP contribution < -0.4 is 14.5 Å². The molecule has 5 rings (SSSR count). The second-order valence-electron chi connectivity index (χ2n) is 7.64. The van der Waals surface area contributed by atoms with Crippen molar-refractivity contribution in [1.82, 2.24) is 9.97 Å². The Morgan fingerprint density at radius 3 is 2.45 bits per heavy atom. The number of anilines is 2. The standard InChI is InChI=1S/C24H24N4O3/c1-30-19-9-7-17(8-10-19)16-28-21(29)15-20-22(18-5-3-2-4-6-18)25-24(26-23(20)28)27-11-13-31-14-12-27/h2-10H,11-16H2,1H3. The monoisotopic (exact) mass is 416 g/mol. The van der Waals surface area contributed by atoms with Crippen molar-refractivity contribution in [3.8, 4) is 17.0 Å². The van der Waals surface area contributed by atoms with Gasteiger partial charge < -0.3 is 14.4 Å². The minimum absolute atomic E-state index is 0.0384. The Hall–Kier alpha value is -3.45. The second-order valence-corrected chi connectivity index (χ2v) is 7.64. The molecule has 1 amide bonds. The number of methoxy groups -OCH3 is 1. The van der Waals surface area contributed by atoms with Gasteiger partial charge in [-0.2, -0.15) is 4.98 Å². The zero-order chi connectivity index (χ0) is 21.2. The van der Waals surface area contributed by atoms with Crippen molar-refractivity contribution in [3.05, 3.63) is 65.7 Å². The van der Waals surface area contributed by atoms with E-state index >= 15 is 0 Å². The average Bonchev–Trinajstić information content (AvgIpc) is 3.15. The van der Waals surface area contributed by atoms with Gasteiger partial charge in [-0.1, -0.05) is 42.5 Å². The molecule has 0 aliphatic carbocycles. The topological polar surface area (TPSA) is 67.8 Å². The summed E-state index contributed by atoms with van der Waals surface area (Å²) in [5.74, 6) is 2.18. The number of fused-ring (bicyclic) bond motifs is 1. The highest BCUT2D eigenvalue weighted by Crippen LogP contribution is 2.37. The molecular weight excluding hydrogens is 392 g/mol. The summed E-state index contributed by atoms with van der Waals surface area (Å²) < 4.78 is 10.7. The van der Waals surface area contributed by atoms with Gasteiger partial charge in [0.15, 0.2) is 0 Å². The van der Waals surface area contributed by atoms with Crippen LogP contribution in [-0.2, 0) is 22.5 Å². The number of hydrogen-bond donors (Lipinski definition) is 0. The minimum atomic E-state index is 0.0384. The van der Waals surface area contributed by atoms with E-state index < -0.39 is 0 Å². The quantitative estimate of drug-likeness (QED) is 0.637. The maximum atomic E-state index is 13.0. The van der Waals surface area contributed by atoms with Crippen LogP contribution in [0.3, 0.4) is 0 Å². The van der Waals surface area contributed by atoms with Gasteiger partial charge in [-0.15, -0.1) is 0 Å². The van der Waals surface area contributed by atoms with Gasteiger partial charge in [-0.05, 0) is 17.7 Å². The normalized spacial score (nSPS) is 15.8. The predicted molar refractivity (Wildman–Crippen MR) is 118 cm³/mol. The first-order valence-electron chi connectivity index (χ1n) is 10.5. The molecule has 3 aromatic rings. The van der Waals surface area contributed by atoms with Crippen LogP contribution in [0.2, 0.25) is 0 Å². The van der Waals surface area contributed by atoms with Crippen molar-refractivity contribution in [2.45, 2.75) is 13.0 Å². The fourth-order valence-electron chi connectivity index (χ4n) is 4.03. The molecule has 0 N–H and O–H groups in total. The molecule has 3 heterocycles. The summed E-state index contributed by atoms with van der Waals surface area (Å²) in [7, 11) is 1.64. The lowest BCUT2D eigenvalue weighted by Gasteiger charge is -2.28. The highest BCUT2D eigenvalue weighted by Gasteiger charge is 2.33. The summed E-state index contributed by atoms with van der Waals surface area (Å²) >= 11 is 0. The van der Waals surface area contributed by atoms with Crippen molar-refractivity contribution >= 4 is 17.7 Å². The van der Waals surface area contributed by atoms with Gasteiger partial charge in [0.25, 0.3) is 0 Å². The maximum Gasteiger partial charge on any atom is 0.233 e. The summed E-state index contributed by atoms with van der Waals surface area (Å²) in [6.07, 6.45) is 0.305. The molecular formula is C24H24N4O3. The molecule has 7 heteroatoms. The number of benzene rings is 2. The van der Waals surface area contributed by atoms with Crippen molar-refractivity contribution in [2.24, 2.45) is 0 Å². The van der Waals surface area contributed by atoms with Crippen molar-refractivity contribution < 1.29 is 14.3 Å². The lowest BCUT2D eigenvalue weighted by molar-refractivity contribution is -0.117. The maximum absolute atomic E-state index is 13.0. The Kier molecular flexibility index (Phi) is 5.26. The van der Waals surface area contributed by atoms with Gasteiger partial charge in [0, 0.05) is 24.2 Å². The molecule has 2 aliphatic heterocycles. The number of carbonyl (C=O) groups excluding carboxylic acids is 1. The van der Waals surface area contributed by atoms with Crippen LogP contribution in [0, 0.1) is 0 Å². The van der Waals surface area contributed by atoms with Gasteiger partial charge in [-0.3, -0.25) is 9.69 Å². The molecule has 0 unspecified atom stereocenters. The lowest BCUT2D eigenvalue weighted by Crippen LogP contribution is -2.37. The molecule has 1 aromatic heterocycles. The summed E-state index contributed by atoms with van der Waals surface area (Å²) in [5.41, 5.74) is 3.74. The zero-order valence-electron chi connectivity index (χ0n) is 17.5. The number of aromatic nitrogens is 2. The first-order valence-corrected chi connectivity index (χ1v) is 10.5. The molecule has 1 fully saturated rings. The van der Waals surface area contributed by atoms with Crippen LogP contribution in [0.15, 0.2) is 54.6 Å². The van der Waals surface area contributed by atoms with Crippen LogP contribution >= 0.6 is 0 Å². The number of amides is 1.